The maximum absolute atomic E-state index is 12.1. The summed E-state index contributed by atoms with van der Waals surface area (Å²) >= 11 is 0. The van der Waals surface area contributed by atoms with Crippen LogP contribution in [0.4, 0.5) is 0 Å². The minimum Gasteiger partial charge on any atom is -0.462 e. The quantitative estimate of drug-likeness (QED) is 0.0465. The Morgan fingerprint density at radius 2 is 0.957 bits per heavy atom. The molecule has 0 saturated heterocycles. The molecule has 5 nitrogen and oxygen atoms in total. The lowest BCUT2D eigenvalue weighted by Crippen LogP contribution is -2.28. The van der Waals surface area contributed by atoms with Crippen LogP contribution in [0.2, 0.25) is 0 Å². The molecule has 1 N–H and O–H groups in total. The second-order valence-corrected chi connectivity index (χ2v) is 11.6. The summed E-state index contributed by atoms with van der Waals surface area (Å²) in [7, 11) is 0. The Bertz CT molecular complexity index is 906. The Morgan fingerprint density at radius 3 is 1.48 bits per heavy atom. The maximum atomic E-state index is 12.1. The van der Waals surface area contributed by atoms with E-state index in [0.717, 1.165) is 77.0 Å². The van der Waals surface area contributed by atoms with Crippen LogP contribution in [0.1, 0.15) is 142 Å². The molecule has 0 amide bonds. The normalized spacial score (nSPS) is 13.2. The standard InChI is InChI=1S/C41H66O5/c1-3-5-7-9-11-13-15-17-19-20-22-24-26-28-30-32-34-36-41(44)46-39(37-42)38-45-40(43)35-33-31-29-27-25-23-21-18-16-14-12-10-8-6-4-2/h5,7,11-14,17-19,21-22,24,28,30,39,42H,3-4,6,8-10,15-16,20,23,25-27,29,31-38H2,1-2H3/b7-5+,13-11+,14-12+,19-17+,21-18+,24-22+,30-28+/t39-/m0/s1. The molecule has 0 bridgehead atoms. The monoisotopic (exact) mass is 638 g/mol. The first-order valence-corrected chi connectivity index (χ1v) is 18.1. The molecule has 0 aliphatic rings. The molecule has 5 heteroatoms. The topological polar surface area (TPSA) is 72.8 Å². The summed E-state index contributed by atoms with van der Waals surface area (Å²) < 4.78 is 10.5. The second-order valence-electron chi connectivity index (χ2n) is 11.6. The third-order valence-corrected chi connectivity index (χ3v) is 7.17. The summed E-state index contributed by atoms with van der Waals surface area (Å²) in [5, 5.41) is 9.52. The number of carbonyl (C=O) groups is 2. The molecule has 0 aliphatic heterocycles. The van der Waals surface area contributed by atoms with Crippen LogP contribution >= 0.6 is 0 Å². The first-order valence-electron chi connectivity index (χ1n) is 18.1. The molecule has 1 atom stereocenters. The van der Waals surface area contributed by atoms with Gasteiger partial charge in [-0.25, -0.2) is 0 Å². The molecule has 0 radical (unpaired) electrons. The van der Waals surface area contributed by atoms with Gasteiger partial charge >= 0.3 is 11.9 Å². The SMILES string of the molecule is CC/C=C/C/C=C/C/C=C/C/C=C/C/C=C/CCCC(=O)O[C@@H](CO)COC(=O)CCCCCCC/C=C/C/C=C/CCCCC. The van der Waals surface area contributed by atoms with Gasteiger partial charge in [-0.05, 0) is 83.5 Å². The average molecular weight is 639 g/mol. The third-order valence-electron chi connectivity index (χ3n) is 7.17. The lowest BCUT2D eigenvalue weighted by Gasteiger charge is -2.15. The number of carbonyl (C=O) groups excluding carboxylic acids is 2. The van der Waals surface area contributed by atoms with Crippen LogP contribution in [0.15, 0.2) is 85.1 Å². The molecular weight excluding hydrogens is 572 g/mol. The van der Waals surface area contributed by atoms with Crippen LogP contribution in [-0.2, 0) is 19.1 Å². The van der Waals surface area contributed by atoms with Crippen molar-refractivity contribution in [2.75, 3.05) is 13.2 Å². The van der Waals surface area contributed by atoms with Gasteiger partial charge < -0.3 is 14.6 Å². The fraction of sp³-hybridized carbons (Fsp3) is 0.610. The molecule has 46 heavy (non-hydrogen) atoms. The minimum absolute atomic E-state index is 0.101. The van der Waals surface area contributed by atoms with Gasteiger partial charge in [0.2, 0.25) is 0 Å². The highest BCUT2D eigenvalue weighted by Gasteiger charge is 2.15. The van der Waals surface area contributed by atoms with E-state index in [0.29, 0.717) is 12.8 Å². The molecule has 0 saturated carbocycles. The van der Waals surface area contributed by atoms with Crippen molar-refractivity contribution in [1.29, 1.82) is 0 Å². The summed E-state index contributed by atoms with van der Waals surface area (Å²) in [4.78, 5) is 24.2. The summed E-state index contributed by atoms with van der Waals surface area (Å²) in [6, 6.07) is 0. The van der Waals surface area contributed by atoms with Gasteiger partial charge in [0.05, 0.1) is 6.61 Å². The van der Waals surface area contributed by atoms with Gasteiger partial charge in [-0.2, -0.15) is 0 Å². The molecule has 0 aromatic heterocycles. The molecular formula is C41H66O5. The lowest BCUT2D eigenvalue weighted by molar-refractivity contribution is -0.161. The fourth-order valence-corrected chi connectivity index (χ4v) is 4.44. The zero-order chi connectivity index (χ0) is 33.6. The number of hydrogen-bond donors (Lipinski definition) is 1. The van der Waals surface area contributed by atoms with Crippen LogP contribution in [0.25, 0.3) is 0 Å². The van der Waals surface area contributed by atoms with E-state index in [4.69, 9.17) is 9.47 Å². The maximum Gasteiger partial charge on any atom is 0.306 e. The zero-order valence-corrected chi connectivity index (χ0v) is 29.3. The van der Waals surface area contributed by atoms with Crippen molar-refractivity contribution in [1.82, 2.24) is 0 Å². The van der Waals surface area contributed by atoms with Crippen molar-refractivity contribution in [3.8, 4) is 0 Å². The minimum atomic E-state index is -0.810. The Labute approximate surface area is 282 Å². The highest BCUT2D eigenvalue weighted by molar-refractivity contribution is 5.70. The van der Waals surface area contributed by atoms with Gasteiger partial charge in [-0.15, -0.1) is 0 Å². The summed E-state index contributed by atoms with van der Waals surface area (Å²) in [6.45, 7) is 3.91. The van der Waals surface area contributed by atoms with Crippen molar-refractivity contribution >= 4 is 11.9 Å². The van der Waals surface area contributed by atoms with Crippen LogP contribution in [0.5, 0.6) is 0 Å². The Hall–Kier alpha value is -2.92. The molecule has 0 aliphatic carbocycles. The Kier molecular flexibility index (Phi) is 34.2. The molecule has 0 unspecified atom stereocenters. The van der Waals surface area contributed by atoms with Gasteiger partial charge in [0, 0.05) is 12.8 Å². The van der Waals surface area contributed by atoms with E-state index in [2.05, 4.69) is 98.9 Å². The molecule has 0 rings (SSSR count). The van der Waals surface area contributed by atoms with Gasteiger partial charge in [0.15, 0.2) is 6.10 Å². The van der Waals surface area contributed by atoms with E-state index in [-0.39, 0.29) is 31.6 Å². The summed E-state index contributed by atoms with van der Waals surface area (Å²) in [5.41, 5.74) is 0. The van der Waals surface area contributed by atoms with Crippen LogP contribution in [0, 0.1) is 0 Å². The number of aliphatic hydroxyl groups is 1. The molecule has 0 fully saturated rings. The molecule has 0 spiro atoms. The fourth-order valence-electron chi connectivity index (χ4n) is 4.44. The van der Waals surface area contributed by atoms with Crippen LogP contribution in [-0.4, -0.2) is 36.4 Å². The molecule has 260 valence electrons. The van der Waals surface area contributed by atoms with Gasteiger partial charge in [-0.3, -0.25) is 9.59 Å². The van der Waals surface area contributed by atoms with Crippen LogP contribution in [0.3, 0.4) is 0 Å². The van der Waals surface area contributed by atoms with Gasteiger partial charge in [-0.1, -0.05) is 131 Å². The zero-order valence-electron chi connectivity index (χ0n) is 29.3. The van der Waals surface area contributed by atoms with E-state index in [1.54, 1.807) is 0 Å². The predicted molar refractivity (Wildman–Crippen MR) is 196 cm³/mol. The van der Waals surface area contributed by atoms with Crippen molar-refractivity contribution in [2.45, 2.75) is 148 Å². The van der Waals surface area contributed by atoms with E-state index in [9.17, 15) is 14.7 Å². The number of esters is 2. The number of hydrogen-bond acceptors (Lipinski definition) is 5. The second kappa shape index (κ2) is 36.5. The third kappa shape index (κ3) is 34.0. The molecule has 0 aromatic rings. The highest BCUT2D eigenvalue weighted by atomic mass is 16.6. The van der Waals surface area contributed by atoms with Crippen molar-refractivity contribution in [3.05, 3.63) is 85.1 Å². The van der Waals surface area contributed by atoms with Crippen LogP contribution < -0.4 is 0 Å². The lowest BCUT2D eigenvalue weighted by atomic mass is 10.1. The number of ether oxygens (including phenoxy) is 2. The molecule has 0 heterocycles. The first kappa shape index (κ1) is 43.1. The Morgan fingerprint density at radius 1 is 0.522 bits per heavy atom. The van der Waals surface area contributed by atoms with E-state index < -0.39 is 6.10 Å². The van der Waals surface area contributed by atoms with E-state index in [1.165, 1.54) is 32.1 Å². The van der Waals surface area contributed by atoms with Crippen molar-refractivity contribution in [2.24, 2.45) is 0 Å². The van der Waals surface area contributed by atoms with E-state index >= 15 is 0 Å². The van der Waals surface area contributed by atoms with E-state index in [1.807, 2.05) is 0 Å². The summed E-state index contributed by atoms with van der Waals surface area (Å²) in [5.74, 6) is -0.685. The number of aliphatic hydroxyl groups excluding tert-OH is 1. The first-order chi connectivity index (χ1) is 22.6. The van der Waals surface area contributed by atoms with Crippen molar-refractivity contribution < 1.29 is 24.2 Å². The van der Waals surface area contributed by atoms with Gasteiger partial charge in [0.25, 0.3) is 0 Å². The van der Waals surface area contributed by atoms with Gasteiger partial charge in [0.1, 0.15) is 6.61 Å². The number of allylic oxidation sites excluding steroid dienone is 14. The summed E-state index contributed by atoms with van der Waals surface area (Å²) in [6.07, 6.45) is 49.2. The highest BCUT2D eigenvalue weighted by Crippen LogP contribution is 2.10. The number of rotatable bonds is 31. The smallest absolute Gasteiger partial charge is 0.306 e. The predicted octanol–water partition coefficient (Wildman–Crippen LogP) is 11.2. The molecule has 0 aromatic carbocycles. The van der Waals surface area contributed by atoms with Crippen molar-refractivity contribution in [3.63, 3.8) is 0 Å². The Balaban J connectivity index is 3.74. The largest absolute Gasteiger partial charge is 0.462 e. The average Bonchev–Trinajstić information content (AvgIpc) is 3.06. The number of unbranched alkanes of at least 4 members (excludes halogenated alkanes) is 9.